The van der Waals surface area contributed by atoms with Crippen molar-refractivity contribution in [1.29, 1.82) is 0 Å². The van der Waals surface area contributed by atoms with E-state index in [1.165, 1.54) is 0 Å². The maximum Gasteiger partial charge on any atom is 0.272 e. The van der Waals surface area contributed by atoms with Crippen molar-refractivity contribution in [2.24, 2.45) is 5.92 Å². The average Bonchev–Trinajstić information content (AvgIpc) is 3.14. The standard InChI is InChI=1S/C18H26N4O2/c1-13-5-2-7-16(21-13)18(24)22-10-4-6-14(12-22)11-20-17(23)15-8-3-9-19-15/h2,5,7,14-15,19H,3-4,6,8-12H2,1H3,(H,20,23). The van der Waals surface area contributed by atoms with Crippen molar-refractivity contribution in [3.8, 4) is 0 Å². The molecular weight excluding hydrogens is 304 g/mol. The summed E-state index contributed by atoms with van der Waals surface area (Å²) >= 11 is 0. The van der Waals surface area contributed by atoms with Crippen LogP contribution < -0.4 is 10.6 Å². The molecule has 0 saturated carbocycles. The van der Waals surface area contributed by atoms with Gasteiger partial charge in [0.1, 0.15) is 5.69 Å². The molecule has 24 heavy (non-hydrogen) atoms. The molecule has 0 aromatic carbocycles. The van der Waals surface area contributed by atoms with Crippen LogP contribution in [0.15, 0.2) is 18.2 Å². The van der Waals surface area contributed by atoms with E-state index in [-0.39, 0.29) is 17.9 Å². The van der Waals surface area contributed by atoms with E-state index < -0.39 is 0 Å². The third kappa shape index (κ3) is 4.12. The summed E-state index contributed by atoms with van der Waals surface area (Å²) in [6, 6.07) is 5.49. The monoisotopic (exact) mass is 330 g/mol. The number of pyridine rings is 1. The number of likely N-dealkylation sites (tertiary alicyclic amines) is 1. The summed E-state index contributed by atoms with van der Waals surface area (Å²) in [5, 5.41) is 6.26. The molecule has 2 aliphatic rings. The van der Waals surface area contributed by atoms with Crippen LogP contribution in [0.3, 0.4) is 0 Å². The molecule has 2 fully saturated rings. The summed E-state index contributed by atoms with van der Waals surface area (Å²) in [5.41, 5.74) is 1.36. The molecule has 2 unspecified atom stereocenters. The number of hydrogen-bond acceptors (Lipinski definition) is 4. The van der Waals surface area contributed by atoms with Crippen LogP contribution in [0.5, 0.6) is 0 Å². The molecule has 1 aromatic heterocycles. The smallest absolute Gasteiger partial charge is 0.272 e. The summed E-state index contributed by atoms with van der Waals surface area (Å²) in [5.74, 6) is 0.404. The Labute approximate surface area is 143 Å². The third-order valence-electron chi connectivity index (χ3n) is 4.86. The van der Waals surface area contributed by atoms with E-state index in [1.807, 2.05) is 24.0 Å². The zero-order chi connectivity index (χ0) is 16.9. The fourth-order valence-electron chi connectivity index (χ4n) is 3.52. The topological polar surface area (TPSA) is 74.3 Å². The highest BCUT2D eigenvalue weighted by molar-refractivity contribution is 5.92. The van der Waals surface area contributed by atoms with Gasteiger partial charge in [-0.3, -0.25) is 9.59 Å². The van der Waals surface area contributed by atoms with Gasteiger partial charge in [-0.1, -0.05) is 6.07 Å². The van der Waals surface area contributed by atoms with Crippen LogP contribution >= 0.6 is 0 Å². The lowest BCUT2D eigenvalue weighted by molar-refractivity contribution is -0.123. The van der Waals surface area contributed by atoms with Gasteiger partial charge in [-0.25, -0.2) is 4.98 Å². The first kappa shape index (κ1) is 16.9. The van der Waals surface area contributed by atoms with Gasteiger partial charge in [-0.2, -0.15) is 0 Å². The molecular formula is C18H26N4O2. The van der Waals surface area contributed by atoms with Gasteiger partial charge in [0.2, 0.25) is 5.91 Å². The lowest BCUT2D eigenvalue weighted by Crippen LogP contribution is -2.46. The molecule has 3 rings (SSSR count). The lowest BCUT2D eigenvalue weighted by atomic mass is 9.97. The number of piperidine rings is 1. The molecule has 2 amide bonds. The lowest BCUT2D eigenvalue weighted by Gasteiger charge is -2.33. The minimum Gasteiger partial charge on any atom is -0.354 e. The number of nitrogens with one attached hydrogen (secondary N) is 2. The van der Waals surface area contributed by atoms with Crippen LogP contribution in [0.2, 0.25) is 0 Å². The van der Waals surface area contributed by atoms with Gasteiger partial charge in [0.25, 0.3) is 5.91 Å². The Morgan fingerprint density at radius 2 is 2.21 bits per heavy atom. The maximum atomic E-state index is 12.6. The highest BCUT2D eigenvalue weighted by Gasteiger charge is 2.27. The molecule has 0 bridgehead atoms. The van der Waals surface area contributed by atoms with Crippen molar-refractivity contribution in [2.75, 3.05) is 26.2 Å². The van der Waals surface area contributed by atoms with Gasteiger partial charge in [0.15, 0.2) is 0 Å². The van der Waals surface area contributed by atoms with Crippen molar-refractivity contribution < 1.29 is 9.59 Å². The van der Waals surface area contributed by atoms with Crippen LogP contribution in [0.1, 0.15) is 41.9 Å². The first-order valence-corrected chi connectivity index (χ1v) is 8.87. The average molecular weight is 330 g/mol. The Hall–Kier alpha value is -1.95. The summed E-state index contributed by atoms with van der Waals surface area (Å²) < 4.78 is 0. The number of carbonyl (C=O) groups is 2. The van der Waals surface area contributed by atoms with Crippen LogP contribution in [0, 0.1) is 12.8 Å². The summed E-state index contributed by atoms with van der Waals surface area (Å²) in [7, 11) is 0. The number of amides is 2. The fraction of sp³-hybridized carbons (Fsp3) is 0.611. The van der Waals surface area contributed by atoms with E-state index >= 15 is 0 Å². The molecule has 6 nitrogen and oxygen atoms in total. The van der Waals surface area contributed by atoms with E-state index in [2.05, 4.69) is 15.6 Å². The van der Waals surface area contributed by atoms with Crippen LogP contribution in [0.25, 0.3) is 0 Å². The summed E-state index contributed by atoms with van der Waals surface area (Å²) in [6.07, 6.45) is 4.00. The van der Waals surface area contributed by atoms with Gasteiger partial charge in [-0.05, 0) is 57.2 Å². The summed E-state index contributed by atoms with van der Waals surface area (Å²) in [6.45, 7) is 4.91. The number of carbonyl (C=O) groups excluding carboxylic acids is 2. The molecule has 130 valence electrons. The van der Waals surface area contributed by atoms with Gasteiger partial charge < -0.3 is 15.5 Å². The SMILES string of the molecule is Cc1cccc(C(=O)N2CCCC(CNC(=O)C3CCCN3)C2)n1. The van der Waals surface area contributed by atoms with Crippen molar-refractivity contribution >= 4 is 11.8 Å². The second-order valence-electron chi connectivity index (χ2n) is 6.82. The molecule has 3 heterocycles. The first-order valence-electron chi connectivity index (χ1n) is 8.87. The van der Waals surface area contributed by atoms with Gasteiger partial charge in [0.05, 0.1) is 6.04 Å². The predicted octanol–water partition coefficient (Wildman–Crippen LogP) is 1.11. The Bertz CT molecular complexity index is 598. The molecule has 0 radical (unpaired) electrons. The van der Waals surface area contributed by atoms with Crippen molar-refractivity contribution in [2.45, 2.75) is 38.6 Å². The molecule has 0 spiro atoms. The van der Waals surface area contributed by atoms with Gasteiger partial charge in [0, 0.05) is 25.3 Å². The molecule has 2 saturated heterocycles. The number of aryl methyl sites for hydroxylation is 1. The fourth-order valence-corrected chi connectivity index (χ4v) is 3.52. The normalized spacial score (nSPS) is 24.0. The quantitative estimate of drug-likeness (QED) is 0.867. The number of aromatic nitrogens is 1. The van der Waals surface area contributed by atoms with E-state index in [0.29, 0.717) is 24.7 Å². The zero-order valence-electron chi connectivity index (χ0n) is 14.3. The zero-order valence-corrected chi connectivity index (χ0v) is 14.3. The second-order valence-corrected chi connectivity index (χ2v) is 6.82. The summed E-state index contributed by atoms with van der Waals surface area (Å²) in [4.78, 5) is 30.9. The Kier molecular flexibility index (Phi) is 5.45. The highest BCUT2D eigenvalue weighted by atomic mass is 16.2. The van der Waals surface area contributed by atoms with Crippen LogP contribution in [-0.4, -0.2) is 53.9 Å². The number of rotatable bonds is 4. The molecule has 6 heteroatoms. The van der Waals surface area contributed by atoms with Crippen LogP contribution in [0.4, 0.5) is 0 Å². The van der Waals surface area contributed by atoms with Crippen molar-refractivity contribution in [3.63, 3.8) is 0 Å². The second kappa shape index (κ2) is 7.75. The minimum atomic E-state index is -0.0391. The number of hydrogen-bond donors (Lipinski definition) is 2. The molecule has 2 atom stereocenters. The van der Waals surface area contributed by atoms with Crippen molar-refractivity contribution in [1.82, 2.24) is 20.5 Å². The van der Waals surface area contributed by atoms with Gasteiger partial charge in [-0.15, -0.1) is 0 Å². The van der Waals surface area contributed by atoms with E-state index in [1.54, 1.807) is 6.07 Å². The van der Waals surface area contributed by atoms with Crippen LogP contribution in [-0.2, 0) is 4.79 Å². The van der Waals surface area contributed by atoms with E-state index in [4.69, 9.17) is 0 Å². The first-order chi connectivity index (χ1) is 11.6. The third-order valence-corrected chi connectivity index (χ3v) is 4.86. The Balaban J connectivity index is 1.52. The van der Waals surface area contributed by atoms with E-state index in [0.717, 1.165) is 44.5 Å². The highest BCUT2D eigenvalue weighted by Crippen LogP contribution is 2.18. The Morgan fingerprint density at radius 3 is 2.96 bits per heavy atom. The van der Waals surface area contributed by atoms with E-state index in [9.17, 15) is 9.59 Å². The molecule has 1 aromatic rings. The largest absolute Gasteiger partial charge is 0.354 e. The Morgan fingerprint density at radius 1 is 1.33 bits per heavy atom. The molecule has 0 aliphatic carbocycles. The van der Waals surface area contributed by atoms with Gasteiger partial charge >= 0.3 is 0 Å². The maximum absolute atomic E-state index is 12.6. The van der Waals surface area contributed by atoms with Crippen molar-refractivity contribution in [3.05, 3.63) is 29.6 Å². The molecule has 2 aliphatic heterocycles. The molecule has 2 N–H and O–H groups in total. The predicted molar refractivity (Wildman–Crippen MR) is 91.6 cm³/mol. The minimum absolute atomic E-state index is 0.00724. The number of nitrogens with zero attached hydrogens (tertiary/aromatic N) is 2.